The van der Waals surface area contributed by atoms with E-state index >= 15 is 0 Å². The summed E-state index contributed by atoms with van der Waals surface area (Å²) in [5, 5.41) is 4.07. The molecule has 18 heavy (non-hydrogen) atoms. The third-order valence-electron chi connectivity index (χ3n) is 2.11. The maximum absolute atomic E-state index is 12.3. The van der Waals surface area contributed by atoms with Gasteiger partial charge < -0.3 is 9.26 Å². The van der Waals surface area contributed by atoms with Crippen LogP contribution in [0.4, 0.5) is 8.78 Å². The van der Waals surface area contributed by atoms with E-state index in [2.05, 4.69) is 15.6 Å². The summed E-state index contributed by atoms with van der Waals surface area (Å²) in [5.74, 6) is 0.375. The Morgan fingerprint density at radius 2 is 2.11 bits per heavy atom. The zero-order valence-electron chi connectivity index (χ0n) is 9.07. The molecule has 0 radical (unpaired) electrons. The number of rotatable bonds is 4. The molecular weight excluding hydrogens is 266 g/mol. The van der Waals surface area contributed by atoms with Gasteiger partial charge >= 0.3 is 6.23 Å². The Morgan fingerprint density at radius 3 is 2.78 bits per heavy atom. The minimum atomic E-state index is -3.69. The fourth-order valence-electron chi connectivity index (χ4n) is 1.34. The van der Waals surface area contributed by atoms with Crippen molar-refractivity contribution in [2.24, 2.45) is 5.73 Å². The molecule has 7 heteroatoms. The van der Waals surface area contributed by atoms with Gasteiger partial charge in [-0.3, -0.25) is 0 Å². The first-order chi connectivity index (χ1) is 8.46. The predicted octanol–water partition coefficient (Wildman–Crippen LogP) is 3.02. The van der Waals surface area contributed by atoms with Gasteiger partial charge in [0.25, 0.3) is 0 Å². The van der Waals surface area contributed by atoms with E-state index in [4.69, 9.17) is 16.1 Å². The lowest BCUT2D eigenvalue weighted by Crippen LogP contribution is -2.31. The topological polar surface area (TPSA) is 61.3 Å². The summed E-state index contributed by atoms with van der Waals surface area (Å²) in [6.45, 7) is -0.447. The molecule has 0 amide bonds. The van der Waals surface area contributed by atoms with Crippen molar-refractivity contribution < 1.29 is 18.0 Å². The van der Waals surface area contributed by atoms with E-state index in [1.165, 1.54) is 6.07 Å². The van der Waals surface area contributed by atoms with Gasteiger partial charge in [-0.2, -0.15) is 8.78 Å². The second-order valence-corrected chi connectivity index (χ2v) is 3.92. The summed E-state index contributed by atoms with van der Waals surface area (Å²) in [5.41, 5.74) is 5.22. The molecule has 0 fully saturated rings. The molecule has 1 aromatic carbocycles. The number of hydrogen-bond donors (Lipinski definition) is 1. The molecule has 0 unspecified atom stereocenters. The van der Waals surface area contributed by atoms with Gasteiger partial charge in [-0.05, 0) is 12.1 Å². The summed E-state index contributed by atoms with van der Waals surface area (Å²) < 4.78 is 33.6. The van der Waals surface area contributed by atoms with Crippen LogP contribution >= 0.6 is 11.6 Å². The lowest BCUT2D eigenvalue weighted by Gasteiger charge is -2.08. The molecule has 4 nitrogen and oxygen atoms in total. The van der Waals surface area contributed by atoms with Crippen molar-refractivity contribution in [1.29, 1.82) is 0 Å². The molecule has 1 heterocycles. The normalized spacial score (nSPS) is 11.8. The second-order valence-electron chi connectivity index (χ2n) is 3.51. The second kappa shape index (κ2) is 5.01. The number of nitrogens with two attached hydrogens (primary N) is 1. The number of ether oxygens (including phenoxy) is 1. The standard InChI is InChI=1S/C11H9ClF2N2O2/c12-9-4-2-1-3-8(9)10-5-7(16-18-10)6-17-11(13,14)15/h1-5H,6,15H2. The molecule has 2 N–H and O–H groups in total. The highest BCUT2D eigenvalue weighted by molar-refractivity contribution is 6.33. The first-order valence-electron chi connectivity index (χ1n) is 4.97. The molecule has 0 aliphatic carbocycles. The van der Waals surface area contributed by atoms with Crippen LogP contribution in [0.3, 0.4) is 0 Å². The highest BCUT2D eigenvalue weighted by Gasteiger charge is 2.23. The fraction of sp³-hybridized carbons (Fsp3) is 0.182. The number of halogens is 3. The summed E-state index contributed by atoms with van der Waals surface area (Å²) in [4.78, 5) is 0. The van der Waals surface area contributed by atoms with Crippen LogP contribution in [0, 0.1) is 0 Å². The van der Waals surface area contributed by atoms with Gasteiger partial charge in [0.15, 0.2) is 5.76 Å². The third-order valence-corrected chi connectivity index (χ3v) is 2.44. The fourth-order valence-corrected chi connectivity index (χ4v) is 1.57. The molecule has 2 rings (SSSR count). The summed E-state index contributed by atoms with van der Waals surface area (Å²) in [6.07, 6.45) is -3.69. The molecule has 0 spiro atoms. The van der Waals surface area contributed by atoms with Gasteiger partial charge in [-0.25, -0.2) is 5.73 Å². The number of nitrogens with zero attached hydrogens (tertiary/aromatic N) is 1. The SMILES string of the molecule is NC(F)(F)OCc1cc(-c2ccccc2Cl)on1. The Hall–Kier alpha value is -1.50. The average Bonchev–Trinajstić information content (AvgIpc) is 2.75. The lowest BCUT2D eigenvalue weighted by molar-refractivity contribution is -0.241. The first-order valence-corrected chi connectivity index (χ1v) is 5.34. The third kappa shape index (κ3) is 3.25. The monoisotopic (exact) mass is 274 g/mol. The lowest BCUT2D eigenvalue weighted by atomic mass is 10.1. The number of benzene rings is 1. The Labute approximate surface area is 106 Å². The highest BCUT2D eigenvalue weighted by Crippen LogP contribution is 2.28. The molecule has 2 aromatic rings. The Bertz CT molecular complexity index is 540. The van der Waals surface area contributed by atoms with Crippen molar-refractivity contribution in [3.63, 3.8) is 0 Å². The zero-order chi connectivity index (χ0) is 13.2. The molecule has 0 saturated heterocycles. The van der Waals surface area contributed by atoms with Crippen LogP contribution in [0.1, 0.15) is 5.69 Å². The van der Waals surface area contributed by atoms with Crippen LogP contribution in [-0.2, 0) is 11.3 Å². The summed E-state index contributed by atoms with van der Waals surface area (Å²) in [6, 6.07) is 8.41. The van der Waals surface area contributed by atoms with Gasteiger partial charge in [0.2, 0.25) is 0 Å². The maximum Gasteiger partial charge on any atom is 0.420 e. The van der Waals surface area contributed by atoms with Crippen molar-refractivity contribution in [2.45, 2.75) is 12.8 Å². The van der Waals surface area contributed by atoms with Crippen molar-refractivity contribution in [2.75, 3.05) is 0 Å². The van der Waals surface area contributed by atoms with Gasteiger partial charge in [0.1, 0.15) is 12.3 Å². The molecule has 0 bridgehead atoms. The predicted molar refractivity (Wildman–Crippen MR) is 60.9 cm³/mol. The minimum absolute atomic E-state index is 0.204. The summed E-state index contributed by atoms with van der Waals surface area (Å²) in [7, 11) is 0. The largest absolute Gasteiger partial charge is 0.420 e. The van der Waals surface area contributed by atoms with Gasteiger partial charge in [-0.15, -0.1) is 0 Å². The van der Waals surface area contributed by atoms with Crippen molar-refractivity contribution in [3.05, 3.63) is 41.0 Å². The van der Waals surface area contributed by atoms with Gasteiger partial charge in [0, 0.05) is 11.6 Å². The van der Waals surface area contributed by atoms with Crippen LogP contribution in [0.2, 0.25) is 5.02 Å². The number of aromatic nitrogens is 1. The van der Waals surface area contributed by atoms with Crippen molar-refractivity contribution in [3.8, 4) is 11.3 Å². The Kier molecular flexibility index (Phi) is 3.60. The van der Waals surface area contributed by atoms with E-state index in [-0.39, 0.29) is 5.69 Å². The number of hydrogen-bond acceptors (Lipinski definition) is 4. The highest BCUT2D eigenvalue weighted by atomic mass is 35.5. The van der Waals surface area contributed by atoms with E-state index in [9.17, 15) is 8.78 Å². The van der Waals surface area contributed by atoms with E-state index in [1.807, 2.05) is 0 Å². The van der Waals surface area contributed by atoms with E-state index in [0.717, 1.165) is 0 Å². The number of alkyl halides is 2. The van der Waals surface area contributed by atoms with Crippen molar-refractivity contribution in [1.82, 2.24) is 5.16 Å². The van der Waals surface area contributed by atoms with Crippen LogP contribution in [0.25, 0.3) is 11.3 Å². The quantitative estimate of drug-likeness (QED) is 0.688. The Morgan fingerprint density at radius 1 is 1.39 bits per heavy atom. The van der Waals surface area contributed by atoms with Gasteiger partial charge in [-0.1, -0.05) is 28.9 Å². The molecular formula is C11H9ClF2N2O2. The summed E-state index contributed by atoms with van der Waals surface area (Å²) >= 11 is 5.96. The first kappa shape index (κ1) is 12.9. The van der Waals surface area contributed by atoms with E-state index in [0.29, 0.717) is 16.3 Å². The molecule has 1 aromatic heterocycles. The van der Waals surface area contributed by atoms with Crippen LogP contribution in [-0.4, -0.2) is 11.4 Å². The molecule has 0 aliphatic heterocycles. The van der Waals surface area contributed by atoms with Crippen LogP contribution < -0.4 is 5.73 Å². The van der Waals surface area contributed by atoms with Gasteiger partial charge in [0.05, 0.1) is 5.02 Å². The van der Waals surface area contributed by atoms with E-state index in [1.54, 1.807) is 24.3 Å². The maximum atomic E-state index is 12.3. The Balaban J connectivity index is 2.14. The molecule has 96 valence electrons. The molecule has 0 aliphatic rings. The molecule has 0 atom stereocenters. The van der Waals surface area contributed by atoms with Crippen molar-refractivity contribution >= 4 is 11.6 Å². The smallest absolute Gasteiger partial charge is 0.356 e. The van der Waals surface area contributed by atoms with Crippen LogP contribution in [0.5, 0.6) is 0 Å². The molecule has 0 saturated carbocycles. The average molecular weight is 275 g/mol. The minimum Gasteiger partial charge on any atom is -0.356 e. The zero-order valence-corrected chi connectivity index (χ0v) is 9.82. The van der Waals surface area contributed by atoms with Crippen LogP contribution in [0.15, 0.2) is 34.9 Å². The van der Waals surface area contributed by atoms with E-state index < -0.39 is 12.8 Å².